The van der Waals surface area contributed by atoms with Crippen molar-refractivity contribution >= 4 is 7.82 Å². The average molecular weight is 391 g/mol. The normalized spacial score (nSPS) is 14.3. The summed E-state index contributed by atoms with van der Waals surface area (Å²) in [6.45, 7) is -1.06. The highest BCUT2D eigenvalue weighted by atomic mass is 31.2. The Labute approximate surface area is 154 Å². The van der Waals surface area contributed by atoms with Crippen LogP contribution in [0.2, 0.25) is 0 Å². The molecule has 6 nitrogen and oxygen atoms in total. The first-order chi connectivity index (χ1) is 12.3. The lowest BCUT2D eigenvalue weighted by molar-refractivity contribution is 0.102. The van der Waals surface area contributed by atoms with Crippen LogP contribution < -0.4 is 5.73 Å². The molecule has 0 amide bonds. The monoisotopic (exact) mass is 391 g/mol. The molecule has 0 aromatic heterocycles. The molecule has 150 valence electrons. The summed E-state index contributed by atoms with van der Waals surface area (Å²) in [5.74, 6) is 0. The van der Waals surface area contributed by atoms with Gasteiger partial charge in [-0.1, -0.05) is 43.5 Å². The van der Waals surface area contributed by atoms with Crippen LogP contribution in [0.15, 0.2) is 24.3 Å². The summed E-state index contributed by atoms with van der Waals surface area (Å²) in [5, 5.41) is 9.40. The van der Waals surface area contributed by atoms with E-state index in [0.29, 0.717) is 19.3 Å². The van der Waals surface area contributed by atoms with Crippen molar-refractivity contribution in [2.45, 2.75) is 56.9 Å². The minimum Gasteiger partial charge on any atom is -0.394 e. The molecular formula is C18H31FNO5P. The van der Waals surface area contributed by atoms with Gasteiger partial charge in [0.1, 0.15) is 0 Å². The first-order valence-corrected chi connectivity index (χ1v) is 10.5. The topological polar surface area (TPSA) is 113 Å². The number of benzene rings is 1. The quantitative estimate of drug-likeness (QED) is 0.287. The van der Waals surface area contributed by atoms with E-state index in [1.807, 2.05) is 12.1 Å². The van der Waals surface area contributed by atoms with Crippen LogP contribution in [0.1, 0.15) is 49.7 Å². The molecule has 0 saturated carbocycles. The number of hydrogen-bond donors (Lipinski definition) is 4. The maximum atomic E-state index is 12.0. The van der Waals surface area contributed by atoms with Crippen molar-refractivity contribution < 1.29 is 28.4 Å². The molecule has 1 atom stereocenters. The third-order valence-corrected chi connectivity index (χ3v) is 4.83. The first-order valence-electron chi connectivity index (χ1n) is 9.02. The molecule has 26 heavy (non-hydrogen) atoms. The van der Waals surface area contributed by atoms with E-state index < -0.39 is 26.6 Å². The highest BCUT2D eigenvalue weighted by molar-refractivity contribution is 7.46. The number of rotatable bonds is 14. The molecule has 1 aromatic rings. The minimum absolute atomic E-state index is 0.229. The van der Waals surface area contributed by atoms with Gasteiger partial charge in [0.25, 0.3) is 0 Å². The molecule has 0 bridgehead atoms. The fourth-order valence-corrected chi connectivity index (χ4v) is 3.05. The maximum Gasteiger partial charge on any atom is 0.469 e. The summed E-state index contributed by atoms with van der Waals surface area (Å²) in [5.41, 5.74) is 7.04. The van der Waals surface area contributed by atoms with Gasteiger partial charge < -0.3 is 20.6 Å². The summed E-state index contributed by atoms with van der Waals surface area (Å²) >= 11 is 0. The van der Waals surface area contributed by atoms with E-state index in [0.717, 1.165) is 37.7 Å². The van der Waals surface area contributed by atoms with Crippen LogP contribution in [0.3, 0.4) is 0 Å². The molecule has 1 unspecified atom stereocenters. The highest BCUT2D eigenvalue weighted by Gasteiger charge is 2.28. The van der Waals surface area contributed by atoms with Gasteiger partial charge in [0, 0.05) is 0 Å². The fraction of sp³-hybridized carbons (Fsp3) is 0.667. The number of phosphoric ester groups is 1. The Morgan fingerprint density at radius 3 is 2.08 bits per heavy atom. The number of aliphatic hydroxyl groups excluding tert-OH is 1. The van der Waals surface area contributed by atoms with Crippen molar-refractivity contribution in [1.29, 1.82) is 0 Å². The van der Waals surface area contributed by atoms with E-state index in [1.165, 1.54) is 5.56 Å². The average Bonchev–Trinajstić information content (AvgIpc) is 2.61. The lowest BCUT2D eigenvalue weighted by Gasteiger charge is -2.27. The summed E-state index contributed by atoms with van der Waals surface area (Å²) < 4.78 is 27.2. The van der Waals surface area contributed by atoms with Crippen molar-refractivity contribution in [2.75, 3.05) is 19.9 Å². The van der Waals surface area contributed by atoms with Gasteiger partial charge in [-0.25, -0.2) is 4.57 Å². The van der Waals surface area contributed by atoms with Crippen LogP contribution in [-0.4, -0.2) is 40.3 Å². The Balaban J connectivity index is 2.37. The van der Waals surface area contributed by atoms with E-state index >= 15 is 0 Å². The molecule has 0 saturated heterocycles. The number of alkyl halides is 1. The molecule has 5 N–H and O–H groups in total. The van der Waals surface area contributed by atoms with Crippen LogP contribution in [0, 0.1) is 0 Å². The molecule has 0 aliphatic rings. The standard InChI is InChI=1S/C18H31FNO5P/c19-13-5-3-1-2-4-6-16-7-9-17(10-8-16)11-12-18(20,14-21)15-25-26(22,23)24/h7-10,21H,1-6,11-15,20H2,(H2,22,23,24). The molecule has 0 aliphatic heterocycles. The first kappa shape index (κ1) is 23.2. The lowest BCUT2D eigenvalue weighted by Crippen LogP contribution is -2.48. The summed E-state index contributed by atoms with van der Waals surface area (Å²) in [7, 11) is -4.61. The molecule has 1 rings (SSSR count). The van der Waals surface area contributed by atoms with Gasteiger partial charge in [0.05, 0.1) is 25.4 Å². The summed E-state index contributed by atoms with van der Waals surface area (Å²) in [6, 6.07) is 8.11. The molecule has 0 fully saturated rings. The van der Waals surface area contributed by atoms with Crippen molar-refractivity contribution in [3.63, 3.8) is 0 Å². The van der Waals surface area contributed by atoms with Crippen LogP contribution in [0.4, 0.5) is 4.39 Å². The van der Waals surface area contributed by atoms with Gasteiger partial charge in [-0.3, -0.25) is 8.91 Å². The van der Waals surface area contributed by atoms with E-state index in [2.05, 4.69) is 16.7 Å². The van der Waals surface area contributed by atoms with E-state index in [4.69, 9.17) is 15.5 Å². The Hall–Kier alpha value is -0.820. The van der Waals surface area contributed by atoms with E-state index in [-0.39, 0.29) is 6.67 Å². The third-order valence-electron chi connectivity index (χ3n) is 4.37. The van der Waals surface area contributed by atoms with Gasteiger partial charge in [-0.15, -0.1) is 0 Å². The number of aryl methyl sites for hydroxylation is 2. The SMILES string of the molecule is NC(CO)(CCc1ccc(CCCCCCCF)cc1)COP(=O)(O)O. The number of halogens is 1. The van der Waals surface area contributed by atoms with Crippen LogP contribution in [0.5, 0.6) is 0 Å². The summed E-state index contributed by atoms with van der Waals surface area (Å²) in [6.07, 6.45) is 6.77. The Kier molecular flexibility index (Phi) is 10.5. The van der Waals surface area contributed by atoms with Gasteiger partial charge in [0.15, 0.2) is 0 Å². The van der Waals surface area contributed by atoms with E-state index in [9.17, 15) is 14.1 Å². The van der Waals surface area contributed by atoms with Gasteiger partial charge >= 0.3 is 7.82 Å². The van der Waals surface area contributed by atoms with Gasteiger partial charge in [-0.05, 0) is 43.2 Å². The Morgan fingerprint density at radius 1 is 1.00 bits per heavy atom. The number of phosphoric acid groups is 1. The predicted molar refractivity (Wildman–Crippen MR) is 99.5 cm³/mol. The molecule has 8 heteroatoms. The van der Waals surface area contributed by atoms with E-state index in [1.54, 1.807) is 0 Å². The fourth-order valence-electron chi connectivity index (χ4n) is 2.63. The Morgan fingerprint density at radius 2 is 1.54 bits per heavy atom. The number of aliphatic hydroxyl groups is 1. The summed E-state index contributed by atoms with van der Waals surface area (Å²) in [4.78, 5) is 17.5. The van der Waals surface area contributed by atoms with Gasteiger partial charge in [-0.2, -0.15) is 0 Å². The van der Waals surface area contributed by atoms with Crippen LogP contribution in [-0.2, 0) is 21.9 Å². The van der Waals surface area contributed by atoms with Crippen LogP contribution in [0.25, 0.3) is 0 Å². The number of unbranched alkanes of at least 4 members (excludes halogenated alkanes) is 4. The minimum atomic E-state index is -4.61. The number of nitrogens with two attached hydrogens (primary N) is 1. The van der Waals surface area contributed by atoms with Crippen LogP contribution >= 0.6 is 7.82 Å². The van der Waals surface area contributed by atoms with Crippen molar-refractivity contribution in [1.82, 2.24) is 0 Å². The Bertz CT molecular complexity index is 551. The highest BCUT2D eigenvalue weighted by Crippen LogP contribution is 2.36. The zero-order valence-electron chi connectivity index (χ0n) is 15.1. The second-order valence-corrected chi connectivity index (χ2v) is 8.05. The zero-order valence-corrected chi connectivity index (χ0v) is 16.0. The maximum absolute atomic E-state index is 12.0. The molecule has 0 radical (unpaired) electrons. The smallest absolute Gasteiger partial charge is 0.394 e. The molecule has 0 spiro atoms. The molecule has 1 aromatic carbocycles. The zero-order chi connectivity index (χ0) is 19.5. The number of hydrogen-bond acceptors (Lipinski definition) is 4. The lowest BCUT2D eigenvalue weighted by atomic mass is 9.93. The van der Waals surface area contributed by atoms with Gasteiger partial charge in [0.2, 0.25) is 0 Å². The van der Waals surface area contributed by atoms with Crippen molar-refractivity contribution in [2.24, 2.45) is 5.73 Å². The molecule has 0 heterocycles. The second kappa shape index (κ2) is 11.8. The van der Waals surface area contributed by atoms with Crippen molar-refractivity contribution in [3.8, 4) is 0 Å². The second-order valence-electron chi connectivity index (χ2n) is 6.81. The molecular weight excluding hydrogens is 360 g/mol. The molecule has 0 aliphatic carbocycles. The predicted octanol–water partition coefficient (Wildman–Crippen LogP) is 2.88. The largest absolute Gasteiger partial charge is 0.469 e. The van der Waals surface area contributed by atoms with Crippen molar-refractivity contribution in [3.05, 3.63) is 35.4 Å². The third kappa shape index (κ3) is 10.4.